The van der Waals surface area contributed by atoms with Crippen LogP contribution in [-0.4, -0.2) is 23.7 Å². The summed E-state index contributed by atoms with van der Waals surface area (Å²) >= 11 is 0. The van der Waals surface area contributed by atoms with E-state index in [4.69, 9.17) is 4.42 Å². The number of hydrogen-bond acceptors (Lipinski definition) is 4. The molecule has 2 heterocycles. The summed E-state index contributed by atoms with van der Waals surface area (Å²) in [6.45, 7) is 4.09. The number of pyridine rings is 1. The molecule has 0 radical (unpaired) electrons. The van der Waals surface area contributed by atoms with E-state index in [0.29, 0.717) is 22.6 Å². The van der Waals surface area contributed by atoms with Crippen molar-refractivity contribution in [3.05, 3.63) is 46.5 Å². The van der Waals surface area contributed by atoms with Crippen LogP contribution in [-0.2, 0) is 6.54 Å². The third-order valence-electron chi connectivity index (χ3n) is 3.42. The van der Waals surface area contributed by atoms with Gasteiger partial charge in [-0.2, -0.15) is 13.2 Å². The molecule has 0 fully saturated rings. The molecule has 0 aliphatic rings. The fraction of sp³-hybridized carbons (Fsp3) is 0.375. The molecule has 5 nitrogen and oxygen atoms in total. The highest BCUT2D eigenvalue weighted by Crippen LogP contribution is 2.21. The summed E-state index contributed by atoms with van der Waals surface area (Å²) in [5.41, 5.74) is 1.91. The SMILES string of the molecule is Cc1oc(C)c(C(=O)NCc2ccc(OCC(F)(F)F)nc2)c1C. The minimum Gasteiger partial charge on any atom is -0.468 e. The fourth-order valence-electron chi connectivity index (χ4n) is 2.15. The fourth-order valence-corrected chi connectivity index (χ4v) is 2.15. The van der Waals surface area contributed by atoms with Gasteiger partial charge in [-0.3, -0.25) is 4.79 Å². The van der Waals surface area contributed by atoms with Crippen LogP contribution in [0.5, 0.6) is 5.88 Å². The van der Waals surface area contributed by atoms with Gasteiger partial charge in [0.05, 0.1) is 5.56 Å². The summed E-state index contributed by atoms with van der Waals surface area (Å²) < 4.78 is 46.1. The molecule has 0 saturated heterocycles. The summed E-state index contributed by atoms with van der Waals surface area (Å²) in [5.74, 6) is 0.820. The van der Waals surface area contributed by atoms with Crippen LogP contribution in [0.1, 0.15) is 33.0 Å². The Kier molecular flexibility index (Phi) is 5.16. The zero-order valence-corrected chi connectivity index (χ0v) is 13.5. The van der Waals surface area contributed by atoms with E-state index in [-0.39, 0.29) is 18.3 Å². The number of aryl methyl sites for hydroxylation is 2. The average Bonchev–Trinajstić information content (AvgIpc) is 2.76. The molecule has 0 unspecified atom stereocenters. The molecule has 2 rings (SSSR count). The van der Waals surface area contributed by atoms with E-state index in [2.05, 4.69) is 15.0 Å². The number of ether oxygens (including phenoxy) is 1. The number of amides is 1. The topological polar surface area (TPSA) is 64.4 Å². The second-order valence-electron chi connectivity index (χ2n) is 5.31. The summed E-state index contributed by atoms with van der Waals surface area (Å²) in [6, 6.07) is 2.87. The number of furan rings is 1. The molecule has 1 amide bonds. The third kappa shape index (κ3) is 4.50. The van der Waals surface area contributed by atoms with Gasteiger partial charge >= 0.3 is 6.18 Å². The Hall–Kier alpha value is -2.51. The van der Waals surface area contributed by atoms with Gasteiger partial charge < -0.3 is 14.5 Å². The first kappa shape index (κ1) is 17.8. The van der Waals surface area contributed by atoms with E-state index in [1.807, 2.05) is 0 Å². The number of nitrogens with zero attached hydrogens (tertiary/aromatic N) is 1. The van der Waals surface area contributed by atoms with E-state index < -0.39 is 12.8 Å². The minimum atomic E-state index is -4.41. The number of carbonyl (C=O) groups is 1. The number of hydrogen-bond donors (Lipinski definition) is 1. The van der Waals surface area contributed by atoms with Gasteiger partial charge in [-0.15, -0.1) is 0 Å². The van der Waals surface area contributed by atoms with Crippen molar-refractivity contribution < 1.29 is 27.1 Å². The summed E-state index contributed by atoms with van der Waals surface area (Å²) in [6.07, 6.45) is -3.06. The summed E-state index contributed by atoms with van der Waals surface area (Å²) in [4.78, 5) is 16.0. The van der Waals surface area contributed by atoms with Gasteiger partial charge in [0.2, 0.25) is 5.88 Å². The Morgan fingerprint density at radius 1 is 1.25 bits per heavy atom. The Morgan fingerprint density at radius 3 is 2.46 bits per heavy atom. The number of alkyl halides is 3. The first-order chi connectivity index (χ1) is 11.2. The summed E-state index contributed by atoms with van der Waals surface area (Å²) in [7, 11) is 0. The maximum absolute atomic E-state index is 12.2. The van der Waals surface area contributed by atoms with E-state index >= 15 is 0 Å². The van der Waals surface area contributed by atoms with Gasteiger partial charge in [0, 0.05) is 24.4 Å². The number of aromatic nitrogens is 1. The first-order valence-corrected chi connectivity index (χ1v) is 7.16. The lowest BCUT2D eigenvalue weighted by molar-refractivity contribution is -0.154. The molecule has 0 atom stereocenters. The van der Waals surface area contributed by atoms with Crippen molar-refractivity contribution in [2.24, 2.45) is 0 Å². The molecule has 2 aromatic rings. The first-order valence-electron chi connectivity index (χ1n) is 7.16. The van der Waals surface area contributed by atoms with Gasteiger partial charge in [0.25, 0.3) is 5.91 Å². The normalized spacial score (nSPS) is 11.4. The lowest BCUT2D eigenvalue weighted by atomic mass is 10.1. The van der Waals surface area contributed by atoms with Crippen LogP contribution < -0.4 is 10.1 Å². The molecular formula is C16H17F3N2O3. The lowest BCUT2D eigenvalue weighted by Crippen LogP contribution is -2.24. The lowest BCUT2D eigenvalue weighted by Gasteiger charge is -2.09. The van der Waals surface area contributed by atoms with Crippen LogP contribution >= 0.6 is 0 Å². The Bertz CT molecular complexity index is 721. The van der Waals surface area contributed by atoms with Gasteiger partial charge in [0.15, 0.2) is 6.61 Å². The molecule has 0 spiro atoms. The van der Waals surface area contributed by atoms with Crippen molar-refractivity contribution in [3.8, 4) is 5.88 Å². The minimum absolute atomic E-state index is 0.125. The van der Waals surface area contributed by atoms with E-state index in [1.54, 1.807) is 26.8 Å². The van der Waals surface area contributed by atoms with Crippen molar-refractivity contribution in [1.29, 1.82) is 0 Å². The standard InChI is InChI=1S/C16H17F3N2O3/c1-9-10(2)24-11(3)14(9)15(22)21-7-12-4-5-13(20-6-12)23-8-16(17,18)19/h4-6H,7-8H2,1-3H3,(H,21,22). The van der Waals surface area contributed by atoms with Crippen molar-refractivity contribution in [3.63, 3.8) is 0 Å². The number of rotatable bonds is 5. The van der Waals surface area contributed by atoms with Crippen LogP contribution in [0.3, 0.4) is 0 Å². The molecule has 0 aliphatic carbocycles. The van der Waals surface area contributed by atoms with Gasteiger partial charge in [-0.1, -0.05) is 6.07 Å². The van der Waals surface area contributed by atoms with Gasteiger partial charge in [0.1, 0.15) is 11.5 Å². The maximum atomic E-state index is 12.2. The molecule has 1 N–H and O–H groups in total. The molecule has 24 heavy (non-hydrogen) atoms. The molecule has 2 aromatic heterocycles. The monoisotopic (exact) mass is 342 g/mol. The van der Waals surface area contributed by atoms with Crippen molar-refractivity contribution in [2.75, 3.05) is 6.61 Å². The molecule has 130 valence electrons. The molecule has 0 aromatic carbocycles. The van der Waals surface area contributed by atoms with E-state index in [0.717, 1.165) is 5.56 Å². The highest BCUT2D eigenvalue weighted by Gasteiger charge is 2.28. The average molecular weight is 342 g/mol. The molecule has 0 bridgehead atoms. The zero-order valence-electron chi connectivity index (χ0n) is 13.5. The number of carbonyl (C=O) groups excluding carboxylic acids is 1. The Labute approximate surface area is 136 Å². The van der Waals surface area contributed by atoms with Gasteiger partial charge in [-0.25, -0.2) is 4.98 Å². The van der Waals surface area contributed by atoms with Crippen molar-refractivity contribution in [2.45, 2.75) is 33.5 Å². The second kappa shape index (κ2) is 6.94. The molecule has 0 aliphatic heterocycles. The Balaban J connectivity index is 1.93. The summed E-state index contributed by atoms with van der Waals surface area (Å²) in [5, 5.41) is 2.73. The van der Waals surface area contributed by atoms with Crippen LogP contribution in [0.2, 0.25) is 0 Å². The van der Waals surface area contributed by atoms with Crippen LogP contribution in [0, 0.1) is 20.8 Å². The second-order valence-corrected chi connectivity index (χ2v) is 5.31. The van der Waals surface area contributed by atoms with Crippen molar-refractivity contribution >= 4 is 5.91 Å². The number of nitrogens with one attached hydrogen (secondary N) is 1. The molecule has 8 heteroatoms. The largest absolute Gasteiger partial charge is 0.468 e. The quantitative estimate of drug-likeness (QED) is 0.904. The van der Waals surface area contributed by atoms with E-state index in [9.17, 15) is 18.0 Å². The van der Waals surface area contributed by atoms with Crippen LogP contribution in [0.4, 0.5) is 13.2 Å². The third-order valence-corrected chi connectivity index (χ3v) is 3.42. The van der Waals surface area contributed by atoms with Crippen molar-refractivity contribution in [1.82, 2.24) is 10.3 Å². The number of halogens is 3. The Morgan fingerprint density at radius 2 is 1.96 bits per heavy atom. The molecular weight excluding hydrogens is 325 g/mol. The molecule has 0 saturated carbocycles. The highest BCUT2D eigenvalue weighted by atomic mass is 19.4. The predicted molar refractivity (Wildman–Crippen MR) is 79.9 cm³/mol. The van der Waals surface area contributed by atoms with Crippen LogP contribution in [0.15, 0.2) is 22.7 Å². The predicted octanol–water partition coefficient (Wildman–Crippen LogP) is 3.47. The zero-order chi connectivity index (χ0) is 17.9. The van der Waals surface area contributed by atoms with E-state index in [1.165, 1.54) is 12.3 Å². The highest BCUT2D eigenvalue weighted by molar-refractivity contribution is 5.96. The smallest absolute Gasteiger partial charge is 0.422 e. The van der Waals surface area contributed by atoms with Gasteiger partial charge in [-0.05, 0) is 26.3 Å². The maximum Gasteiger partial charge on any atom is 0.422 e. The van der Waals surface area contributed by atoms with Crippen LogP contribution in [0.25, 0.3) is 0 Å².